The van der Waals surface area contributed by atoms with Gasteiger partial charge in [-0.15, -0.1) is 0 Å². The number of hydrogen-bond acceptors (Lipinski definition) is 1. The van der Waals surface area contributed by atoms with Gasteiger partial charge >= 0.3 is 0 Å². The molecule has 0 unspecified atom stereocenters. The van der Waals surface area contributed by atoms with Crippen LogP contribution in [0.1, 0.15) is 6.92 Å². The Hall–Kier alpha value is -0.570. The highest BCUT2D eigenvalue weighted by Crippen LogP contribution is 1.67. The van der Waals surface area contributed by atoms with Crippen LogP contribution < -0.4 is 11.1 Å². The lowest BCUT2D eigenvalue weighted by atomic mass is 10.4. The molecule has 0 saturated heterocycles. The highest BCUT2D eigenvalue weighted by Gasteiger charge is 2.00. The maximum absolute atomic E-state index is 8.34. The van der Waals surface area contributed by atoms with Crippen molar-refractivity contribution in [3.8, 4) is 0 Å². The fourth-order valence-electron chi connectivity index (χ4n) is 0. The third kappa shape index (κ3) is 1.72. The van der Waals surface area contributed by atoms with Gasteiger partial charge in [-0.1, -0.05) is 0 Å². The van der Waals surface area contributed by atoms with Gasteiger partial charge in [0.1, 0.15) is 0 Å². The largest absolute Gasteiger partial charge is 0.381 e. The van der Waals surface area contributed by atoms with Gasteiger partial charge in [0.15, 0.2) is 6.10 Å². The molecule has 3 nitrogen and oxygen atoms in total. The number of aliphatic hydroxyl groups excluding tert-OH is 1. The minimum absolute atomic E-state index is 0.0648. The van der Waals surface area contributed by atoms with Crippen molar-refractivity contribution in [2.75, 3.05) is 0 Å². The molecule has 0 rings (SSSR count). The second-order valence-corrected chi connectivity index (χ2v) is 1.18. The van der Waals surface area contributed by atoms with Gasteiger partial charge < -0.3 is 5.11 Å². The Morgan fingerprint density at radius 3 is 2.17 bits per heavy atom. The van der Waals surface area contributed by atoms with Crippen LogP contribution in [0.5, 0.6) is 0 Å². The second-order valence-electron chi connectivity index (χ2n) is 1.18. The maximum atomic E-state index is 8.34. The summed E-state index contributed by atoms with van der Waals surface area (Å²) in [7, 11) is 0. The van der Waals surface area contributed by atoms with E-state index in [1.807, 2.05) is 0 Å². The van der Waals surface area contributed by atoms with Crippen LogP contribution in [0.2, 0.25) is 0 Å². The topological polar surface area (TPSA) is 71.8 Å². The van der Waals surface area contributed by atoms with E-state index in [4.69, 9.17) is 16.2 Å². The van der Waals surface area contributed by atoms with E-state index >= 15 is 0 Å². The number of aliphatic hydroxyl groups is 1. The molecular formula is C3H9N2O+. The lowest BCUT2D eigenvalue weighted by Crippen LogP contribution is -2.51. The van der Waals surface area contributed by atoms with Crippen molar-refractivity contribution in [2.45, 2.75) is 13.0 Å². The van der Waals surface area contributed by atoms with Gasteiger partial charge in [-0.25, -0.2) is 0 Å². The van der Waals surface area contributed by atoms with E-state index in [0.29, 0.717) is 0 Å². The first-order valence-electron chi connectivity index (χ1n) is 1.70. The van der Waals surface area contributed by atoms with E-state index in [2.05, 4.69) is 0 Å². The monoisotopic (exact) mass is 89.1 g/mol. The Kier molecular flexibility index (Phi) is 1.60. The lowest BCUT2D eigenvalue weighted by molar-refractivity contribution is -0.125. The van der Waals surface area contributed by atoms with Crippen molar-refractivity contribution in [3.63, 3.8) is 0 Å². The predicted molar refractivity (Wildman–Crippen MR) is 22.8 cm³/mol. The van der Waals surface area contributed by atoms with Crippen molar-refractivity contribution >= 4 is 5.84 Å². The van der Waals surface area contributed by atoms with Crippen LogP contribution in [-0.4, -0.2) is 17.0 Å². The van der Waals surface area contributed by atoms with E-state index < -0.39 is 6.10 Å². The summed E-state index contributed by atoms with van der Waals surface area (Å²) >= 11 is 0. The Morgan fingerprint density at radius 2 is 2.17 bits per heavy atom. The molecule has 1 atom stereocenters. The average Bonchev–Trinajstić information content (AvgIpc) is 1.36. The fraction of sp³-hybridized carbons (Fsp3) is 0.667. The minimum Gasteiger partial charge on any atom is -0.381 e. The van der Waals surface area contributed by atoms with E-state index in [9.17, 15) is 0 Å². The average molecular weight is 89.1 g/mol. The molecule has 0 aliphatic heterocycles. The molecule has 3 heteroatoms. The summed E-state index contributed by atoms with van der Waals surface area (Å²) in [5.41, 5.74) is 4.88. The maximum Gasteiger partial charge on any atom is 0.267 e. The van der Waals surface area contributed by atoms with Gasteiger partial charge in [-0.2, -0.15) is 0 Å². The summed E-state index contributed by atoms with van der Waals surface area (Å²) in [5, 5.41) is 13.2. The number of amidine groups is 1. The quantitative estimate of drug-likeness (QED) is 0.245. The Bertz CT molecular complexity index is 59.8. The van der Waals surface area contributed by atoms with Gasteiger partial charge in [0, 0.05) is 0 Å². The first kappa shape index (κ1) is 5.43. The highest BCUT2D eigenvalue weighted by molar-refractivity contribution is 5.77. The SMILES string of the molecule is C[C@H](O)C(N)=[NH2+]. The zero-order valence-electron chi connectivity index (χ0n) is 3.68. The third-order valence-electron chi connectivity index (χ3n) is 0.482. The molecule has 0 heterocycles. The standard InChI is InChI=1S/C3H8N2O/c1-2(6)3(4)5/h2,6H,1H3,(H3,4,5)/p+1/t2-/m0/s1. The molecule has 0 aliphatic rings. The van der Waals surface area contributed by atoms with Gasteiger partial charge in [0.25, 0.3) is 5.84 Å². The summed E-state index contributed by atoms with van der Waals surface area (Å²) in [5.74, 6) is 0.0648. The smallest absolute Gasteiger partial charge is 0.267 e. The van der Waals surface area contributed by atoms with E-state index in [1.165, 1.54) is 6.92 Å². The molecule has 6 heavy (non-hydrogen) atoms. The van der Waals surface area contributed by atoms with Crippen molar-refractivity contribution in [3.05, 3.63) is 0 Å². The molecule has 0 radical (unpaired) electrons. The van der Waals surface area contributed by atoms with Crippen LogP contribution in [-0.2, 0) is 0 Å². The number of hydrogen-bond donors (Lipinski definition) is 3. The van der Waals surface area contributed by atoms with Crippen LogP contribution >= 0.6 is 0 Å². The van der Waals surface area contributed by atoms with E-state index in [0.717, 1.165) is 0 Å². The van der Waals surface area contributed by atoms with Crippen LogP contribution in [0.25, 0.3) is 0 Å². The lowest BCUT2D eigenvalue weighted by Gasteiger charge is -1.88. The number of rotatable bonds is 1. The third-order valence-corrected chi connectivity index (χ3v) is 0.482. The van der Waals surface area contributed by atoms with Gasteiger partial charge in [-0.05, 0) is 6.92 Å². The number of nitrogens with two attached hydrogens (primary N) is 2. The highest BCUT2D eigenvalue weighted by atomic mass is 16.3. The summed E-state index contributed by atoms with van der Waals surface area (Å²) in [6.45, 7) is 1.51. The molecule has 0 saturated carbocycles. The zero-order valence-corrected chi connectivity index (χ0v) is 3.68. The van der Waals surface area contributed by atoms with Gasteiger partial charge in [0.05, 0.1) is 0 Å². The molecule has 5 N–H and O–H groups in total. The minimum atomic E-state index is -0.676. The molecule has 36 valence electrons. The van der Waals surface area contributed by atoms with Gasteiger partial charge in [-0.3, -0.25) is 11.1 Å². The molecule has 0 aromatic carbocycles. The van der Waals surface area contributed by atoms with Crippen LogP contribution in [0, 0.1) is 0 Å². The van der Waals surface area contributed by atoms with Crippen molar-refractivity contribution in [1.29, 1.82) is 0 Å². The van der Waals surface area contributed by atoms with Gasteiger partial charge in [0.2, 0.25) is 0 Å². The summed E-state index contributed by atoms with van der Waals surface area (Å²) in [4.78, 5) is 0. The first-order chi connectivity index (χ1) is 2.64. The molecule has 0 amide bonds. The fourth-order valence-corrected chi connectivity index (χ4v) is 0. The summed E-state index contributed by atoms with van der Waals surface area (Å²) in [6.07, 6.45) is -0.676. The van der Waals surface area contributed by atoms with Crippen LogP contribution in [0.3, 0.4) is 0 Å². The molecule has 0 aromatic rings. The van der Waals surface area contributed by atoms with Crippen molar-refractivity contribution in [1.82, 2.24) is 0 Å². The molecule has 0 bridgehead atoms. The Morgan fingerprint density at radius 1 is 2.00 bits per heavy atom. The summed E-state index contributed by atoms with van der Waals surface area (Å²) in [6, 6.07) is 0. The van der Waals surface area contributed by atoms with E-state index in [-0.39, 0.29) is 5.84 Å². The predicted octanol–water partition coefficient (Wildman–Crippen LogP) is -2.52. The Balaban J connectivity index is 3.26. The van der Waals surface area contributed by atoms with E-state index in [1.54, 1.807) is 0 Å². The van der Waals surface area contributed by atoms with Crippen LogP contribution in [0.15, 0.2) is 0 Å². The van der Waals surface area contributed by atoms with Crippen LogP contribution in [0.4, 0.5) is 0 Å². The normalized spacial score (nSPS) is 13.7. The summed E-state index contributed by atoms with van der Waals surface area (Å²) < 4.78 is 0. The first-order valence-corrected chi connectivity index (χ1v) is 1.70. The Labute approximate surface area is 36.3 Å². The molecular weight excluding hydrogens is 80.0 g/mol. The zero-order chi connectivity index (χ0) is 5.15. The molecule has 0 fully saturated rings. The molecule has 0 spiro atoms. The molecule has 0 aliphatic carbocycles. The second kappa shape index (κ2) is 1.77. The van der Waals surface area contributed by atoms with Crippen molar-refractivity contribution in [2.24, 2.45) is 5.73 Å². The van der Waals surface area contributed by atoms with Crippen molar-refractivity contribution < 1.29 is 10.5 Å². The molecule has 0 aromatic heterocycles.